The Morgan fingerprint density at radius 2 is 1.95 bits per heavy atom. The molecule has 0 aliphatic carbocycles. The minimum Gasteiger partial charge on any atom is -0.398 e. The standard InChI is InChI=1S/C15H20N2O2S2/c1-10-6-14(16)15(7-11(10)2)21(18,19)17-12(3)8-13-4-5-20-9-13/h4-7,9,12,17H,8,16H2,1-3H3. The van der Waals surface area contributed by atoms with E-state index in [2.05, 4.69) is 4.72 Å². The van der Waals surface area contributed by atoms with E-state index in [0.29, 0.717) is 6.42 Å². The molecule has 0 amide bonds. The van der Waals surface area contributed by atoms with Crippen LogP contribution in [0.3, 0.4) is 0 Å². The highest BCUT2D eigenvalue weighted by Gasteiger charge is 2.21. The van der Waals surface area contributed by atoms with E-state index in [1.54, 1.807) is 23.5 Å². The van der Waals surface area contributed by atoms with Crippen molar-refractivity contribution < 1.29 is 8.42 Å². The van der Waals surface area contributed by atoms with Gasteiger partial charge in [-0.3, -0.25) is 0 Å². The molecule has 4 nitrogen and oxygen atoms in total. The third-order valence-corrected chi connectivity index (χ3v) is 5.77. The highest BCUT2D eigenvalue weighted by atomic mass is 32.2. The maximum atomic E-state index is 12.5. The van der Waals surface area contributed by atoms with Crippen molar-refractivity contribution in [2.24, 2.45) is 0 Å². The van der Waals surface area contributed by atoms with Gasteiger partial charge >= 0.3 is 0 Å². The Labute approximate surface area is 130 Å². The van der Waals surface area contributed by atoms with Crippen LogP contribution in [-0.2, 0) is 16.4 Å². The molecule has 1 unspecified atom stereocenters. The lowest BCUT2D eigenvalue weighted by molar-refractivity contribution is 0.560. The molecule has 0 aliphatic heterocycles. The molecule has 6 heteroatoms. The van der Waals surface area contributed by atoms with Crippen LogP contribution in [-0.4, -0.2) is 14.5 Å². The van der Waals surface area contributed by atoms with Gasteiger partial charge in [-0.25, -0.2) is 13.1 Å². The summed E-state index contributed by atoms with van der Waals surface area (Å²) < 4.78 is 27.6. The minimum atomic E-state index is -3.60. The second-order valence-electron chi connectivity index (χ2n) is 5.33. The molecule has 0 bridgehead atoms. The molecule has 1 atom stereocenters. The fourth-order valence-corrected chi connectivity index (χ4v) is 4.30. The van der Waals surface area contributed by atoms with E-state index >= 15 is 0 Å². The van der Waals surface area contributed by atoms with Gasteiger partial charge in [0, 0.05) is 6.04 Å². The van der Waals surface area contributed by atoms with Crippen LogP contribution in [0, 0.1) is 13.8 Å². The second kappa shape index (κ2) is 6.17. The number of anilines is 1. The molecule has 1 aromatic heterocycles. The average molecular weight is 324 g/mol. The van der Waals surface area contributed by atoms with Crippen LogP contribution in [0.4, 0.5) is 5.69 Å². The molecule has 21 heavy (non-hydrogen) atoms. The van der Waals surface area contributed by atoms with Gasteiger partial charge in [-0.05, 0) is 72.8 Å². The van der Waals surface area contributed by atoms with E-state index in [0.717, 1.165) is 16.7 Å². The largest absolute Gasteiger partial charge is 0.398 e. The fourth-order valence-electron chi connectivity index (χ4n) is 2.18. The SMILES string of the molecule is Cc1cc(N)c(S(=O)(=O)NC(C)Cc2ccsc2)cc1C. The maximum Gasteiger partial charge on any atom is 0.242 e. The molecular formula is C15H20N2O2S2. The predicted molar refractivity (Wildman–Crippen MR) is 88.1 cm³/mol. The van der Waals surface area contributed by atoms with Crippen LogP contribution < -0.4 is 10.5 Å². The Morgan fingerprint density at radius 1 is 1.29 bits per heavy atom. The smallest absolute Gasteiger partial charge is 0.242 e. The normalized spacial score (nSPS) is 13.3. The minimum absolute atomic E-state index is 0.155. The van der Waals surface area contributed by atoms with Crippen molar-refractivity contribution in [2.45, 2.75) is 38.1 Å². The molecule has 0 fully saturated rings. The third kappa shape index (κ3) is 3.84. The van der Waals surface area contributed by atoms with Gasteiger partial charge in [0.15, 0.2) is 0 Å². The third-order valence-electron chi connectivity index (χ3n) is 3.39. The van der Waals surface area contributed by atoms with E-state index in [-0.39, 0.29) is 16.6 Å². The molecular weight excluding hydrogens is 304 g/mol. The number of rotatable bonds is 5. The topological polar surface area (TPSA) is 72.2 Å². The molecule has 1 heterocycles. The van der Waals surface area contributed by atoms with Crippen LogP contribution in [0.1, 0.15) is 23.6 Å². The maximum absolute atomic E-state index is 12.5. The molecule has 0 aliphatic rings. The quantitative estimate of drug-likeness (QED) is 0.831. The van der Waals surface area contributed by atoms with E-state index in [1.807, 2.05) is 37.6 Å². The molecule has 3 N–H and O–H groups in total. The zero-order valence-corrected chi connectivity index (χ0v) is 14.0. The van der Waals surface area contributed by atoms with E-state index in [1.165, 1.54) is 0 Å². The summed E-state index contributed by atoms with van der Waals surface area (Å²) in [4.78, 5) is 0.155. The summed E-state index contributed by atoms with van der Waals surface area (Å²) in [6.45, 7) is 5.64. The number of sulfonamides is 1. The Bertz CT molecular complexity index is 722. The van der Waals surface area contributed by atoms with E-state index in [9.17, 15) is 8.42 Å². The van der Waals surface area contributed by atoms with Crippen molar-refractivity contribution in [2.75, 3.05) is 5.73 Å². The van der Waals surface area contributed by atoms with Gasteiger partial charge < -0.3 is 5.73 Å². The lowest BCUT2D eigenvalue weighted by atomic mass is 10.1. The summed E-state index contributed by atoms with van der Waals surface area (Å²) in [5, 5.41) is 4.01. The molecule has 1 aromatic carbocycles. The van der Waals surface area contributed by atoms with Crippen LogP contribution in [0.15, 0.2) is 33.9 Å². The molecule has 2 aromatic rings. The predicted octanol–water partition coefficient (Wildman–Crippen LogP) is 2.86. The van der Waals surface area contributed by atoms with Crippen molar-refractivity contribution in [1.82, 2.24) is 4.72 Å². The van der Waals surface area contributed by atoms with Gasteiger partial charge in [0.2, 0.25) is 10.0 Å². The number of aryl methyl sites for hydroxylation is 2. The Kier molecular flexibility index (Phi) is 4.70. The summed E-state index contributed by atoms with van der Waals surface area (Å²) >= 11 is 1.60. The molecule has 0 radical (unpaired) electrons. The monoisotopic (exact) mass is 324 g/mol. The number of hydrogen-bond donors (Lipinski definition) is 2. The van der Waals surface area contributed by atoms with E-state index < -0.39 is 10.0 Å². The van der Waals surface area contributed by atoms with Gasteiger partial charge in [-0.15, -0.1) is 0 Å². The summed E-state index contributed by atoms with van der Waals surface area (Å²) in [6, 6.07) is 5.14. The lowest BCUT2D eigenvalue weighted by Crippen LogP contribution is -2.34. The first-order valence-corrected chi connectivity index (χ1v) is 9.12. The summed E-state index contributed by atoms with van der Waals surface area (Å²) in [5.41, 5.74) is 9.18. The number of hydrogen-bond acceptors (Lipinski definition) is 4. The van der Waals surface area contributed by atoms with Crippen LogP contribution in [0.2, 0.25) is 0 Å². The van der Waals surface area contributed by atoms with Crippen molar-refractivity contribution in [3.63, 3.8) is 0 Å². The summed E-state index contributed by atoms with van der Waals surface area (Å²) in [7, 11) is -3.60. The summed E-state index contributed by atoms with van der Waals surface area (Å²) in [5.74, 6) is 0. The average Bonchev–Trinajstić information content (AvgIpc) is 2.85. The Balaban J connectivity index is 2.20. The number of nitrogens with one attached hydrogen (secondary N) is 1. The van der Waals surface area contributed by atoms with Gasteiger partial charge in [-0.2, -0.15) is 11.3 Å². The van der Waals surface area contributed by atoms with Gasteiger partial charge in [0.05, 0.1) is 5.69 Å². The number of benzene rings is 1. The summed E-state index contributed by atoms with van der Waals surface area (Å²) in [6.07, 6.45) is 0.660. The van der Waals surface area contributed by atoms with Crippen molar-refractivity contribution >= 4 is 27.0 Å². The van der Waals surface area contributed by atoms with Crippen molar-refractivity contribution in [1.29, 1.82) is 0 Å². The Morgan fingerprint density at radius 3 is 2.57 bits per heavy atom. The highest BCUT2D eigenvalue weighted by Crippen LogP contribution is 2.23. The molecule has 0 saturated carbocycles. The first-order chi connectivity index (χ1) is 9.79. The molecule has 0 saturated heterocycles. The number of nitrogen functional groups attached to an aromatic ring is 1. The van der Waals surface area contributed by atoms with Crippen LogP contribution >= 0.6 is 11.3 Å². The Hall–Kier alpha value is -1.37. The van der Waals surface area contributed by atoms with Crippen molar-refractivity contribution in [3.8, 4) is 0 Å². The molecule has 0 spiro atoms. The zero-order valence-electron chi connectivity index (χ0n) is 12.4. The number of nitrogens with two attached hydrogens (primary N) is 1. The molecule has 2 rings (SSSR count). The van der Waals surface area contributed by atoms with Crippen LogP contribution in [0.25, 0.3) is 0 Å². The zero-order chi connectivity index (χ0) is 15.6. The fraction of sp³-hybridized carbons (Fsp3) is 0.333. The number of thiophene rings is 1. The van der Waals surface area contributed by atoms with Gasteiger partial charge in [0.1, 0.15) is 4.90 Å². The van der Waals surface area contributed by atoms with Crippen molar-refractivity contribution in [3.05, 3.63) is 45.6 Å². The first kappa shape index (κ1) is 16.0. The first-order valence-electron chi connectivity index (χ1n) is 6.69. The molecule has 114 valence electrons. The lowest BCUT2D eigenvalue weighted by Gasteiger charge is -2.16. The van der Waals surface area contributed by atoms with Gasteiger partial charge in [-0.1, -0.05) is 0 Å². The highest BCUT2D eigenvalue weighted by molar-refractivity contribution is 7.89. The van der Waals surface area contributed by atoms with E-state index in [4.69, 9.17) is 5.73 Å². The second-order valence-corrected chi connectivity index (χ2v) is 7.79. The van der Waals surface area contributed by atoms with Gasteiger partial charge in [0.25, 0.3) is 0 Å². The van der Waals surface area contributed by atoms with Crippen LogP contribution in [0.5, 0.6) is 0 Å².